The molecule has 0 aliphatic carbocycles. The maximum atomic E-state index is 4.97. The van der Waals surface area contributed by atoms with Gasteiger partial charge >= 0.3 is 0 Å². The van der Waals surface area contributed by atoms with E-state index in [0.717, 1.165) is 36.1 Å². The molecule has 0 bridgehead atoms. The molecular formula is C12H17N3OS2. The molecule has 2 aromatic heterocycles. The summed E-state index contributed by atoms with van der Waals surface area (Å²) in [5, 5.41) is 13.9. The van der Waals surface area contributed by atoms with Crippen LogP contribution in [0.4, 0.5) is 0 Å². The number of hydrogen-bond acceptors (Lipinski definition) is 6. The first kappa shape index (κ1) is 13.6. The summed E-state index contributed by atoms with van der Waals surface area (Å²) in [6.45, 7) is 4.65. The molecule has 2 heterocycles. The van der Waals surface area contributed by atoms with Crippen LogP contribution in [0.25, 0.3) is 9.88 Å². The van der Waals surface area contributed by atoms with E-state index in [2.05, 4.69) is 34.6 Å². The van der Waals surface area contributed by atoms with Crippen molar-refractivity contribution in [2.75, 3.05) is 26.8 Å². The number of hydrogen-bond donors (Lipinski definition) is 1. The highest BCUT2D eigenvalue weighted by atomic mass is 32.1. The fraction of sp³-hybridized carbons (Fsp3) is 0.500. The van der Waals surface area contributed by atoms with Gasteiger partial charge in [0.25, 0.3) is 0 Å². The molecule has 1 N–H and O–H groups in total. The van der Waals surface area contributed by atoms with Gasteiger partial charge in [0, 0.05) is 31.5 Å². The van der Waals surface area contributed by atoms with Crippen LogP contribution < -0.4 is 5.32 Å². The lowest BCUT2D eigenvalue weighted by Gasteiger charge is -2.00. The van der Waals surface area contributed by atoms with Gasteiger partial charge in [-0.25, -0.2) is 0 Å². The van der Waals surface area contributed by atoms with Gasteiger partial charge in [0.15, 0.2) is 5.01 Å². The van der Waals surface area contributed by atoms with Crippen LogP contribution in [0.3, 0.4) is 0 Å². The minimum Gasteiger partial charge on any atom is -0.383 e. The molecule has 0 unspecified atom stereocenters. The summed E-state index contributed by atoms with van der Waals surface area (Å²) in [5.74, 6) is 0. The molecule has 0 fully saturated rings. The van der Waals surface area contributed by atoms with Gasteiger partial charge in [-0.1, -0.05) is 11.3 Å². The van der Waals surface area contributed by atoms with Gasteiger partial charge < -0.3 is 10.1 Å². The van der Waals surface area contributed by atoms with E-state index in [9.17, 15) is 0 Å². The molecule has 4 nitrogen and oxygen atoms in total. The predicted octanol–water partition coefficient (Wildman–Crippen LogP) is 2.35. The van der Waals surface area contributed by atoms with Crippen molar-refractivity contribution in [2.24, 2.45) is 0 Å². The summed E-state index contributed by atoms with van der Waals surface area (Å²) in [4.78, 5) is 2.52. The van der Waals surface area contributed by atoms with Crippen LogP contribution in [0.1, 0.15) is 9.88 Å². The molecule has 0 saturated carbocycles. The normalized spacial score (nSPS) is 11.0. The topological polar surface area (TPSA) is 47.0 Å². The van der Waals surface area contributed by atoms with Crippen LogP contribution in [0.5, 0.6) is 0 Å². The van der Waals surface area contributed by atoms with E-state index in [1.165, 1.54) is 9.75 Å². The Morgan fingerprint density at radius 1 is 1.22 bits per heavy atom. The molecule has 0 atom stereocenters. The fourth-order valence-electron chi connectivity index (χ4n) is 1.50. The van der Waals surface area contributed by atoms with Crippen LogP contribution in [-0.2, 0) is 11.2 Å². The lowest BCUT2D eigenvalue weighted by Crippen LogP contribution is -2.21. The number of methoxy groups -OCH3 is 1. The Hall–Kier alpha value is -0.820. The van der Waals surface area contributed by atoms with Gasteiger partial charge in [0.2, 0.25) is 0 Å². The smallest absolute Gasteiger partial charge is 0.157 e. The van der Waals surface area contributed by atoms with Crippen molar-refractivity contribution in [3.63, 3.8) is 0 Å². The summed E-state index contributed by atoms with van der Waals surface area (Å²) in [6.07, 6.45) is 0.922. The third-order valence-electron chi connectivity index (χ3n) is 2.42. The molecule has 0 radical (unpaired) electrons. The number of thiophene rings is 1. The minimum absolute atomic E-state index is 0.746. The number of ether oxygens (including phenoxy) is 1. The van der Waals surface area contributed by atoms with E-state index in [-0.39, 0.29) is 0 Å². The number of aryl methyl sites for hydroxylation is 1. The monoisotopic (exact) mass is 283 g/mol. The predicted molar refractivity (Wildman–Crippen MR) is 76.4 cm³/mol. The van der Waals surface area contributed by atoms with Crippen molar-refractivity contribution in [3.8, 4) is 9.88 Å². The highest BCUT2D eigenvalue weighted by molar-refractivity contribution is 7.21. The summed E-state index contributed by atoms with van der Waals surface area (Å²) >= 11 is 3.44. The maximum Gasteiger partial charge on any atom is 0.157 e. The summed E-state index contributed by atoms with van der Waals surface area (Å²) < 4.78 is 4.97. The van der Waals surface area contributed by atoms with E-state index in [1.54, 1.807) is 29.8 Å². The Balaban J connectivity index is 1.83. The molecule has 18 heavy (non-hydrogen) atoms. The number of nitrogens with zero attached hydrogens (tertiary/aromatic N) is 2. The van der Waals surface area contributed by atoms with E-state index in [1.807, 2.05) is 0 Å². The average Bonchev–Trinajstić information content (AvgIpc) is 2.97. The van der Waals surface area contributed by atoms with Crippen LogP contribution in [0.2, 0.25) is 0 Å². The lowest BCUT2D eigenvalue weighted by atomic mass is 10.4. The molecule has 0 saturated heterocycles. The zero-order valence-corrected chi connectivity index (χ0v) is 12.2. The Morgan fingerprint density at radius 2 is 2.11 bits per heavy atom. The Labute approximate surface area is 115 Å². The molecule has 0 amide bonds. The highest BCUT2D eigenvalue weighted by Crippen LogP contribution is 2.29. The second-order valence-corrected chi connectivity index (χ2v) is 6.25. The SMILES string of the molecule is COCCNCCc1nnc(-c2ccc(C)s2)s1. The highest BCUT2D eigenvalue weighted by Gasteiger charge is 2.08. The molecular weight excluding hydrogens is 266 g/mol. The van der Waals surface area contributed by atoms with Gasteiger partial charge in [-0.15, -0.1) is 21.5 Å². The van der Waals surface area contributed by atoms with Gasteiger partial charge in [-0.05, 0) is 19.1 Å². The van der Waals surface area contributed by atoms with Crippen LogP contribution in [-0.4, -0.2) is 37.0 Å². The first-order valence-corrected chi connectivity index (χ1v) is 7.51. The van der Waals surface area contributed by atoms with Crippen molar-refractivity contribution in [3.05, 3.63) is 22.0 Å². The summed E-state index contributed by atoms with van der Waals surface area (Å²) in [6, 6.07) is 4.23. The lowest BCUT2D eigenvalue weighted by molar-refractivity contribution is 0.199. The third kappa shape index (κ3) is 3.84. The van der Waals surface area contributed by atoms with Crippen LogP contribution >= 0.6 is 22.7 Å². The Bertz CT molecular complexity index is 481. The van der Waals surface area contributed by atoms with Crippen LogP contribution in [0, 0.1) is 6.92 Å². The molecule has 0 aliphatic heterocycles. The van der Waals surface area contributed by atoms with Gasteiger partial charge in [-0.3, -0.25) is 0 Å². The fourth-order valence-corrected chi connectivity index (χ4v) is 3.25. The Kier molecular flexibility index (Phi) is 5.25. The largest absolute Gasteiger partial charge is 0.383 e. The molecule has 6 heteroatoms. The standard InChI is InChI=1S/C12H17N3OS2/c1-9-3-4-10(17-9)12-15-14-11(18-12)5-6-13-7-8-16-2/h3-4,13H,5-8H2,1-2H3. The molecule has 0 aliphatic rings. The van der Waals surface area contributed by atoms with Crippen molar-refractivity contribution in [1.82, 2.24) is 15.5 Å². The van der Waals surface area contributed by atoms with Crippen molar-refractivity contribution in [1.29, 1.82) is 0 Å². The molecule has 2 aromatic rings. The zero-order valence-electron chi connectivity index (χ0n) is 10.6. The van der Waals surface area contributed by atoms with E-state index in [0.29, 0.717) is 0 Å². The van der Waals surface area contributed by atoms with Crippen molar-refractivity contribution in [2.45, 2.75) is 13.3 Å². The summed E-state index contributed by atoms with van der Waals surface area (Å²) in [5.41, 5.74) is 0. The molecule has 98 valence electrons. The minimum atomic E-state index is 0.746. The zero-order chi connectivity index (χ0) is 12.8. The second kappa shape index (κ2) is 6.94. The molecule has 0 spiro atoms. The first-order valence-electron chi connectivity index (χ1n) is 5.88. The quantitative estimate of drug-likeness (QED) is 0.792. The van der Waals surface area contributed by atoms with Gasteiger partial charge in [0.05, 0.1) is 11.5 Å². The van der Waals surface area contributed by atoms with E-state index >= 15 is 0 Å². The summed E-state index contributed by atoms with van der Waals surface area (Å²) in [7, 11) is 1.71. The maximum absolute atomic E-state index is 4.97. The molecule has 2 rings (SSSR count). The van der Waals surface area contributed by atoms with Gasteiger partial charge in [0.1, 0.15) is 5.01 Å². The number of nitrogens with one attached hydrogen (secondary N) is 1. The Morgan fingerprint density at radius 3 is 2.83 bits per heavy atom. The number of aromatic nitrogens is 2. The van der Waals surface area contributed by atoms with Crippen molar-refractivity contribution >= 4 is 22.7 Å². The van der Waals surface area contributed by atoms with E-state index in [4.69, 9.17) is 4.74 Å². The third-order valence-corrected chi connectivity index (χ3v) is 4.57. The van der Waals surface area contributed by atoms with Gasteiger partial charge in [-0.2, -0.15) is 0 Å². The van der Waals surface area contributed by atoms with Crippen molar-refractivity contribution < 1.29 is 4.74 Å². The first-order chi connectivity index (χ1) is 8.79. The van der Waals surface area contributed by atoms with Crippen LogP contribution in [0.15, 0.2) is 12.1 Å². The molecule has 0 aromatic carbocycles. The second-order valence-electron chi connectivity index (χ2n) is 3.90. The number of rotatable bonds is 7. The van der Waals surface area contributed by atoms with E-state index < -0.39 is 0 Å². The average molecular weight is 283 g/mol.